The third-order valence-corrected chi connectivity index (χ3v) is 4.29. The van der Waals surface area contributed by atoms with Crippen molar-refractivity contribution in [3.05, 3.63) is 30.2 Å². The minimum absolute atomic E-state index is 0.585. The van der Waals surface area contributed by atoms with E-state index >= 15 is 0 Å². The molecule has 0 spiro atoms. The smallest absolute Gasteiger partial charge is 0.153 e. The van der Waals surface area contributed by atoms with Gasteiger partial charge in [0, 0.05) is 29.2 Å². The zero-order valence-corrected chi connectivity index (χ0v) is 11.8. The lowest BCUT2D eigenvalue weighted by Gasteiger charge is -2.13. The summed E-state index contributed by atoms with van der Waals surface area (Å²) < 4.78 is 0. The highest BCUT2D eigenvalue weighted by atomic mass is 15.2. The first-order valence-corrected chi connectivity index (χ1v) is 7.57. The Labute approximate surface area is 119 Å². The molecule has 1 saturated carbocycles. The number of hydrogen-bond acceptors (Lipinski definition) is 3. The summed E-state index contributed by atoms with van der Waals surface area (Å²) in [7, 11) is 0. The summed E-state index contributed by atoms with van der Waals surface area (Å²) in [6.45, 7) is 0. The third kappa shape index (κ3) is 2.84. The van der Waals surface area contributed by atoms with E-state index in [9.17, 15) is 0 Å². The molecule has 0 saturated heterocycles. The van der Waals surface area contributed by atoms with Crippen molar-refractivity contribution in [3.8, 4) is 11.1 Å². The molecule has 4 nitrogen and oxygen atoms in total. The molecule has 0 unspecified atom stereocenters. The number of aromatic amines is 1. The molecule has 1 aliphatic rings. The van der Waals surface area contributed by atoms with Crippen molar-refractivity contribution in [2.75, 3.05) is 5.73 Å². The number of rotatable bonds is 3. The van der Waals surface area contributed by atoms with Gasteiger partial charge in [0.25, 0.3) is 0 Å². The first kappa shape index (κ1) is 13.2. The summed E-state index contributed by atoms with van der Waals surface area (Å²) in [4.78, 5) is 4.19. The topological polar surface area (TPSA) is 67.6 Å². The Bertz CT molecular complexity index is 539. The molecule has 0 aromatic carbocycles. The van der Waals surface area contributed by atoms with E-state index in [0.29, 0.717) is 5.82 Å². The molecule has 3 rings (SSSR count). The Kier molecular flexibility index (Phi) is 4.00. The van der Waals surface area contributed by atoms with E-state index in [1.54, 1.807) is 6.20 Å². The molecule has 0 aliphatic heterocycles. The van der Waals surface area contributed by atoms with Crippen LogP contribution in [0.25, 0.3) is 11.1 Å². The maximum Gasteiger partial charge on any atom is 0.153 e. The van der Waals surface area contributed by atoms with Gasteiger partial charge in [-0.1, -0.05) is 44.6 Å². The van der Waals surface area contributed by atoms with Crippen LogP contribution in [-0.2, 0) is 6.42 Å². The van der Waals surface area contributed by atoms with E-state index in [0.717, 1.165) is 23.5 Å². The number of nitrogens with two attached hydrogens (primary N) is 1. The fourth-order valence-electron chi connectivity index (χ4n) is 3.23. The van der Waals surface area contributed by atoms with Crippen molar-refractivity contribution in [2.45, 2.75) is 44.9 Å². The molecular formula is C16H22N4. The summed E-state index contributed by atoms with van der Waals surface area (Å²) >= 11 is 0. The minimum atomic E-state index is 0.585. The van der Waals surface area contributed by atoms with Gasteiger partial charge in [0.05, 0.1) is 0 Å². The summed E-state index contributed by atoms with van der Waals surface area (Å²) in [5.74, 6) is 1.34. The summed E-state index contributed by atoms with van der Waals surface area (Å²) in [6.07, 6.45) is 12.8. The molecule has 0 atom stereocenters. The SMILES string of the molecule is Nc1n[nH]c(CC2CCCCCC2)c1-c1cccnc1. The third-order valence-electron chi connectivity index (χ3n) is 4.29. The fraction of sp³-hybridized carbons (Fsp3) is 0.500. The van der Waals surface area contributed by atoms with Crippen LogP contribution in [0.15, 0.2) is 24.5 Å². The summed E-state index contributed by atoms with van der Waals surface area (Å²) in [6, 6.07) is 3.99. The number of nitrogens with one attached hydrogen (secondary N) is 1. The first-order chi connectivity index (χ1) is 9.84. The molecule has 106 valence electrons. The van der Waals surface area contributed by atoms with Gasteiger partial charge in [-0.2, -0.15) is 5.10 Å². The van der Waals surface area contributed by atoms with E-state index in [1.165, 1.54) is 44.2 Å². The van der Waals surface area contributed by atoms with Crippen molar-refractivity contribution in [2.24, 2.45) is 5.92 Å². The largest absolute Gasteiger partial charge is 0.382 e. The number of H-pyrrole nitrogens is 1. The molecule has 2 aromatic rings. The molecular weight excluding hydrogens is 248 g/mol. The molecule has 20 heavy (non-hydrogen) atoms. The van der Waals surface area contributed by atoms with Crippen LogP contribution in [0.4, 0.5) is 5.82 Å². The Morgan fingerprint density at radius 2 is 2.00 bits per heavy atom. The van der Waals surface area contributed by atoms with Gasteiger partial charge in [-0.15, -0.1) is 0 Å². The van der Waals surface area contributed by atoms with Gasteiger partial charge in [-0.05, 0) is 18.4 Å². The lowest BCUT2D eigenvalue weighted by molar-refractivity contribution is 0.453. The average molecular weight is 270 g/mol. The van der Waals surface area contributed by atoms with Crippen LogP contribution in [0.3, 0.4) is 0 Å². The van der Waals surface area contributed by atoms with E-state index in [1.807, 2.05) is 18.3 Å². The van der Waals surface area contributed by atoms with Crippen LogP contribution in [0.2, 0.25) is 0 Å². The number of nitrogen functional groups attached to an aromatic ring is 1. The molecule has 2 aromatic heterocycles. The second-order valence-corrected chi connectivity index (χ2v) is 5.77. The van der Waals surface area contributed by atoms with Crippen LogP contribution >= 0.6 is 0 Å². The Hall–Kier alpha value is -1.84. The number of nitrogens with zero attached hydrogens (tertiary/aromatic N) is 2. The van der Waals surface area contributed by atoms with Gasteiger partial charge < -0.3 is 5.73 Å². The highest BCUT2D eigenvalue weighted by Crippen LogP contribution is 2.32. The molecule has 0 amide bonds. The zero-order valence-electron chi connectivity index (χ0n) is 11.8. The van der Waals surface area contributed by atoms with Crippen LogP contribution in [0, 0.1) is 5.92 Å². The Balaban J connectivity index is 1.83. The normalized spacial score (nSPS) is 17.0. The number of hydrogen-bond donors (Lipinski definition) is 2. The predicted molar refractivity (Wildman–Crippen MR) is 81.1 cm³/mol. The second-order valence-electron chi connectivity index (χ2n) is 5.77. The lowest BCUT2D eigenvalue weighted by atomic mass is 9.92. The standard InChI is InChI=1S/C16H22N4/c17-16-15(13-8-5-9-18-11-13)14(19-20-16)10-12-6-3-1-2-4-7-12/h5,8-9,11-12H,1-4,6-7,10H2,(H3,17,19,20). The molecule has 1 aliphatic carbocycles. The van der Waals surface area contributed by atoms with E-state index < -0.39 is 0 Å². The van der Waals surface area contributed by atoms with Crippen molar-refractivity contribution < 1.29 is 0 Å². The summed E-state index contributed by atoms with van der Waals surface area (Å²) in [5, 5.41) is 7.34. The Morgan fingerprint density at radius 3 is 2.70 bits per heavy atom. The van der Waals surface area contributed by atoms with Crippen LogP contribution in [0.1, 0.15) is 44.2 Å². The number of anilines is 1. The molecule has 1 fully saturated rings. The van der Waals surface area contributed by atoms with Crippen molar-refractivity contribution in [1.29, 1.82) is 0 Å². The van der Waals surface area contributed by atoms with Crippen LogP contribution in [0.5, 0.6) is 0 Å². The van der Waals surface area contributed by atoms with Gasteiger partial charge in [-0.25, -0.2) is 0 Å². The Morgan fingerprint density at radius 1 is 1.20 bits per heavy atom. The maximum absolute atomic E-state index is 6.04. The van der Waals surface area contributed by atoms with Gasteiger partial charge in [0.2, 0.25) is 0 Å². The molecule has 0 radical (unpaired) electrons. The molecule has 3 N–H and O–H groups in total. The quantitative estimate of drug-likeness (QED) is 0.838. The van der Waals surface area contributed by atoms with Gasteiger partial charge in [0.15, 0.2) is 5.82 Å². The molecule has 0 bridgehead atoms. The fourth-order valence-corrected chi connectivity index (χ4v) is 3.23. The van der Waals surface area contributed by atoms with Crippen molar-refractivity contribution in [3.63, 3.8) is 0 Å². The highest BCUT2D eigenvalue weighted by molar-refractivity contribution is 5.75. The zero-order chi connectivity index (χ0) is 13.8. The summed E-state index contributed by atoms with van der Waals surface area (Å²) in [5.41, 5.74) is 9.31. The van der Waals surface area contributed by atoms with Crippen LogP contribution < -0.4 is 5.73 Å². The van der Waals surface area contributed by atoms with E-state index in [2.05, 4.69) is 15.2 Å². The molecule has 4 heteroatoms. The minimum Gasteiger partial charge on any atom is -0.382 e. The number of pyridine rings is 1. The predicted octanol–water partition coefficient (Wildman–Crippen LogP) is 3.57. The van der Waals surface area contributed by atoms with Gasteiger partial charge >= 0.3 is 0 Å². The lowest BCUT2D eigenvalue weighted by Crippen LogP contribution is -2.05. The number of aromatic nitrogens is 3. The monoisotopic (exact) mass is 270 g/mol. The van der Waals surface area contributed by atoms with Crippen molar-refractivity contribution in [1.82, 2.24) is 15.2 Å². The van der Waals surface area contributed by atoms with Gasteiger partial charge in [0.1, 0.15) is 0 Å². The maximum atomic E-state index is 6.04. The second kappa shape index (κ2) is 6.07. The van der Waals surface area contributed by atoms with E-state index in [4.69, 9.17) is 5.73 Å². The first-order valence-electron chi connectivity index (χ1n) is 7.57. The highest BCUT2D eigenvalue weighted by Gasteiger charge is 2.18. The van der Waals surface area contributed by atoms with Crippen LogP contribution in [-0.4, -0.2) is 15.2 Å². The molecule has 2 heterocycles. The average Bonchev–Trinajstić information content (AvgIpc) is 2.67. The van der Waals surface area contributed by atoms with Gasteiger partial charge in [-0.3, -0.25) is 10.1 Å². The van der Waals surface area contributed by atoms with E-state index in [-0.39, 0.29) is 0 Å². The van der Waals surface area contributed by atoms with Crippen molar-refractivity contribution >= 4 is 5.82 Å².